The van der Waals surface area contributed by atoms with E-state index in [4.69, 9.17) is 10.00 Å². The number of benzene rings is 1. The molecule has 1 aromatic rings. The van der Waals surface area contributed by atoms with Crippen LogP contribution in [-0.4, -0.2) is 12.1 Å². The monoisotopic (exact) mass is 433 g/mol. The minimum absolute atomic E-state index is 0.00559. The lowest BCUT2D eigenvalue weighted by Gasteiger charge is -2.31. The van der Waals surface area contributed by atoms with E-state index in [1.807, 2.05) is 12.1 Å². The molecule has 0 bridgehead atoms. The molecule has 0 aromatic heterocycles. The summed E-state index contributed by atoms with van der Waals surface area (Å²) in [7, 11) is 0. The maximum atomic E-state index is 12.7. The molecule has 168 valence electrons. The predicted molar refractivity (Wildman–Crippen MR) is 112 cm³/mol. The molecule has 3 nitrogen and oxygen atoms in total. The summed E-state index contributed by atoms with van der Waals surface area (Å²) in [6, 6.07) is 7.44. The van der Waals surface area contributed by atoms with Gasteiger partial charge in [-0.25, -0.2) is 0 Å². The molecule has 1 aromatic carbocycles. The first-order valence-corrected chi connectivity index (χ1v) is 11.3. The summed E-state index contributed by atoms with van der Waals surface area (Å²) >= 11 is 0. The zero-order valence-corrected chi connectivity index (χ0v) is 17.7. The molecule has 0 saturated heterocycles. The van der Waals surface area contributed by atoms with Crippen LogP contribution in [0.4, 0.5) is 13.2 Å². The number of hydrogen-bond donors (Lipinski definition) is 0. The number of nitriles is 1. The van der Waals surface area contributed by atoms with E-state index in [1.54, 1.807) is 12.1 Å². The smallest absolute Gasteiger partial charge is 0.416 e. The zero-order valence-electron chi connectivity index (χ0n) is 17.7. The highest BCUT2D eigenvalue weighted by Crippen LogP contribution is 2.38. The summed E-state index contributed by atoms with van der Waals surface area (Å²) in [5.74, 6) is 0.639. The molecular weight excluding hydrogens is 403 g/mol. The van der Waals surface area contributed by atoms with Crippen LogP contribution in [0.1, 0.15) is 81.3 Å². The second kappa shape index (κ2) is 10.8. The summed E-state index contributed by atoms with van der Waals surface area (Å²) in [4.78, 5) is 12.6. The minimum atomic E-state index is -4.31. The lowest BCUT2D eigenvalue weighted by molar-refractivity contribution is -0.157. The Morgan fingerprint density at radius 1 is 1.03 bits per heavy atom. The van der Waals surface area contributed by atoms with Crippen molar-refractivity contribution < 1.29 is 22.7 Å². The normalized spacial score (nSPS) is 27.0. The maximum absolute atomic E-state index is 12.7. The quantitative estimate of drug-likeness (QED) is 0.361. The van der Waals surface area contributed by atoms with Gasteiger partial charge in [0.05, 0.1) is 17.6 Å². The van der Waals surface area contributed by atoms with E-state index in [-0.39, 0.29) is 23.9 Å². The topological polar surface area (TPSA) is 50.1 Å². The summed E-state index contributed by atoms with van der Waals surface area (Å²) < 4.78 is 44.0. The molecule has 6 heteroatoms. The Morgan fingerprint density at radius 2 is 1.68 bits per heavy atom. The molecule has 0 spiro atoms. The average Bonchev–Trinajstić information content (AvgIpc) is 2.77. The van der Waals surface area contributed by atoms with E-state index >= 15 is 0 Å². The van der Waals surface area contributed by atoms with Crippen molar-refractivity contribution in [2.24, 2.45) is 11.8 Å². The predicted octanol–water partition coefficient (Wildman–Crippen LogP) is 6.94. The Balaban J connectivity index is 1.39. The lowest BCUT2D eigenvalue weighted by Crippen LogP contribution is -2.29. The van der Waals surface area contributed by atoms with Gasteiger partial charge >= 0.3 is 12.1 Å². The number of carbonyl (C=O) groups is 1. The number of carbonyl (C=O) groups excluding carboxylic acids is 1. The first-order chi connectivity index (χ1) is 14.9. The number of alkyl halides is 3. The zero-order chi connectivity index (χ0) is 22.3. The SMILES string of the molecule is N#C/C=C/CCC1CCC(OC(=O)[C@H]2CC[C@H](c3ccc(C(F)(F)F)cc3)CC2)CC1. The van der Waals surface area contributed by atoms with Gasteiger partial charge in [0.1, 0.15) is 6.10 Å². The third-order valence-corrected chi connectivity index (χ3v) is 6.78. The Labute approximate surface area is 182 Å². The Hall–Kier alpha value is -2.29. The van der Waals surface area contributed by atoms with E-state index in [0.29, 0.717) is 5.92 Å². The Kier molecular flexibility index (Phi) is 8.17. The van der Waals surface area contributed by atoms with Gasteiger partial charge in [0.2, 0.25) is 0 Å². The molecular formula is C25H30F3NO2. The van der Waals surface area contributed by atoms with Gasteiger partial charge < -0.3 is 4.74 Å². The molecule has 0 N–H and O–H groups in total. The van der Waals surface area contributed by atoms with Crippen molar-refractivity contribution in [1.29, 1.82) is 5.26 Å². The van der Waals surface area contributed by atoms with E-state index in [0.717, 1.165) is 81.9 Å². The molecule has 31 heavy (non-hydrogen) atoms. The average molecular weight is 434 g/mol. The minimum Gasteiger partial charge on any atom is -0.462 e. The van der Waals surface area contributed by atoms with Crippen molar-refractivity contribution in [2.45, 2.75) is 82.4 Å². The van der Waals surface area contributed by atoms with Crippen LogP contribution in [0.2, 0.25) is 0 Å². The van der Waals surface area contributed by atoms with Gasteiger partial charge in [0, 0.05) is 6.08 Å². The highest BCUT2D eigenvalue weighted by molar-refractivity contribution is 5.72. The van der Waals surface area contributed by atoms with Crippen LogP contribution in [0.25, 0.3) is 0 Å². The summed E-state index contributed by atoms with van der Waals surface area (Å²) in [6.45, 7) is 0. The fourth-order valence-corrected chi connectivity index (χ4v) is 4.87. The van der Waals surface area contributed by atoms with Crippen LogP contribution in [-0.2, 0) is 15.7 Å². The van der Waals surface area contributed by atoms with Crippen molar-refractivity contribution in [3.63, 3.8) is 0 Å². The highest BCUT2D eigenvalue weighted by Gasteiger charge is 2.33. The molecule has 2 aliphatic rings. The van der Waals surface area contributed by atoms with Crippen molar-refractivity contribution in [2.75, 3.05) is 0 Å². The fourth-order valence-electron chi connectivity index (χ4n) is 4.87. The van der Waals surface area contributed by atoms with Crippen molar-refractivity contribution in [3.8, 4) is 6.07 Å². The third-order valence-electron chi connectivity index (χ3n) is 6.78. The van der Waals surface area contributed by atoms with Crippen LogP contribution in [0.3, 0.4) is 0 Å². The number of nitrogens with zero attached hydrogens (tertiary/aromatic N) is 1. The Morgan fingerprint density at radius 3 is 2.26 bits per heavy atom. The van der Waals surface area contributed by atoms with Crippen molar-refractivity contribution >= 4 is 5.97 Å². The standard InChI is InChI=1S/C25H30F3NO2/c26-25(27,28)22-13-11-20(12-14-22)19-7-9-21(10-8-19)24(30)31-23-15-5-18(6-16-23)4-2-1-3-17-29/h1,3,11-14,18-19,21,23H,2,4-10,15-16H2/b3-1+/t18?,19-,21-,23?. The molecule has 2 aliphatic carbocycles. The second-order valence-corrected chi connectivity index (χ2v) is 8.86. The van der Waals surface area contributed by atoms with Crippen LogP contribution >= 0.6 is 0 Å². The van der Waals surface area contributed by atoms with Gasteiger partial charge in [-0.1, -0.05) is 18.2 Å². The molecule has 2 saturated carbocycles. The number of halogens is 3. The maximum Gasteiger partial charge on any atom is 0.416 e. The Bertz CT molecular complexity index is 778. The molecule has 0 heterocycles. The largest absolute Gasteiger partial charge is 0.462 e. The second-order valence-electron chi connectivity index (χ2n) is 8.86. The molecule has 3 rings (SSSR count). The van der Waals surface area contributed by atoms with Gasteiger partial charge in [0.25, 0.3) is 0 Å². The van der Waals surface area contributed by atoms with Crippen LogP contribution in [0.15, 0.2) is 36.4 Å². The summed E-state index contributed by atoms with van der Waals surface area (Å²) in [6.07, 6.45) is 8.10. The number of allylic oxidation sites excluding steroid dienone is 2. The molecule has 0 amide bonds. The van der Waals surface area contributed by atoms with Crippen molar-refractivity contribution in [1.82, 2.24) is 0 Å². The molecule has 2 fully saturated rings. The van der Waals surface area contributed by atoms with Gasteiger partial charge in [-0.3, -0.25) is 4.79 Å². The van der Waals surface area contributed by atoms with Gasteiger partial charge in [0.15, 0.2) is 0 Å². The number of hydrogen-bond acceptors (Lipinski definition) is 3. The number of ether oxygens (including phenoxy) is 1. The van der Waals surface area contributed by atoms with Crippen LogP contribution in [0, 0.1) is 23.2 Å². The molecule has 0 unspecified atom stereocenters. The van der Waals surface area contributed by atoms with Gasteiger partial charge in [-0.05, 0) is 93.7 Å². The van der Waals surface area contributed by atoms with E-state index < -0.39 is 11.7 Å². The van der Waals surface area contributed by atoms with Gasteiger partial charge in [-0.15, -0.1) is 0 Å². The van der Waals surface area contributed by atoms with E-state index in [2.05, 4.69) is 0 Å². The fraction of sp³-hybridized carbons (Fsp3) is 0.600. The van der Waals surface area contributed by atoms with E-state index in [9.17, 15) is 18.0 Å². The van der Waals surface area contributed by atoms with E-state index in [1.165, 1.54) is 6.08 Å². The first-order valence-electron chi connectivity index (χ1n) is 11.3. The van der Waals surface area contributed by atoms with Gasteiger partial charge in [-0.2, -0.15) is 18.4 Å². The highest BCUT2D eigenvalue weighted by atomic mass is 19.4. The van der Waals surface area contributed by atoms with Crippen LogP contribution < -0.4 is 0 Å². The number of esters is 1. The molecule has 0 atom stereocenters. The van der Waals surface area contributed by atoms with Crippen molar-refractivity contribution in [3.05, 3.63) is 47.5 Å². The third kappa shape index (κ3) is 6.85. The first kappa shape index (κ1) is 23.4. The summed E-state index contributed by atoms with van der Waals surface area (Å²) in [5.41, 5.74) is 0.296. The number of rotatable bonds is 6. The lowest BCUT2D eigenvalue weighted by atomic mass is 9.78. The summed E-state index contributed by atoms with van der Waals surface area (Å²) in [5, 5.41) is 8.52. The molecule has 0 radical (unpaired) electrons. The van der Waals surface area contributed by atoms with Crippen LogP contribution in [0.5, 0.6) is 0 Å². The molecule has 0 aliphatic heterocycles.